The molecule has 1 aromatic carbocycles. The third-order valence-corrected chi connectivity index (χ3v) is 3.74. The highest BCUT2D eigenvalue weighted by Gasteiger charge is 2.16. The van der Waals surface area contributed by atoms with E-state index >= 15 is 0 Å². The molecule has 3 heteroatoms. The maximum atomic E-state index is 10.1. The number of imidazole rings is 1. The van der Waals surface area contributed by atoms with Crippen molar-refractivity contribution in [3.05, 3.63) is 70.7 Å². The molecule has 0 aliphatic carbocycles. The molecule has 0 fully saturated rings. The van der Waals surface area contributed by atoms with Crippen molar-refractivity contribution in [3.8, 4) is 0 Å². The van der Waals surface area contributed by atoms with E-state index in [4.69, 9.17) is 4.98 Å². The summed E-state index contributed by atoms with van der Waals surface area (Å²) in [5.74, 6) is 0. The molecular formula is C18H20N2O. The van der Waals surface area contributed by atoms with Gasteiger partial charge >= 0.3 is 0 Å². The van der Waals surface area contributed by atoms with E-state index in [2.05, 4.69) is 38.1 Å². The second kappa shape index (κ2) is 5.34. The first-order valence-electron chi connectivity index (χ1n) is 7.25. The average Bonchev–Trinajstić information content (AvgIpc) is 2.75. The monoisotopic (exact) mass is 280 g/mol. The summed E-state index contributed by atoms with van der Waals surface area (Å²) in [4.78, 5) is 4.72. The number of aryl methyl sites for hydroxylation is 2. The van der Waals surface area contributed by atoms with Crippen molar-refractivity contribution in [2.45, 2.75) is 33.3 Å². The zero-order valence-electron chi connectivity index (χ0n) is 12.7. The molecule has 0 spiro atoms. The summed E-state index contributed by atoms with van der Waals surface area (Å²) in [5, 5.41) is 10.1. The smallest absolute Gasteiger partial charge is 0.137 e. The molecular weight excluding hydrogens is 260 g/mol. The van der Waals surface area contributed by atoms with E-state index in [1.165, 1.54) is 16.7 Å². The Morgan fingerprint density at radius 3 is 2.62 bits per heavy atom. The van der Waals surface area contributed by atoms with Gasteiger partial charge in [-0.05, 0) is 44.0 Å². The number of fused-ring (bicyclic) bond motifs is 1. The molecule has 2 heterocycles. The fourth-order valence-corrected chi connectivity index (χ4v) is 2.80. The van der Waals surface area contributed by atoms with Gasteiger partial charge in [0.25, 0.3) is 0 Å². The van der Waals surface area contributed by atoms with E-state index in [1.807, 2.05) is 22.7 Å². The number of hydrogen-bond donors (Lipinski definition) is 1. The number of aromatic nitrogens is 2. The largest absolute Gasteiger partial charge is 0.387 e. The van der Waals surface area contributed by atoms with Gasteiger partial charge in [0.05, 0.1) is 17.5 Å². The van der Waals surface area contributed by atoms with Crippen molar-refractivity contribution in [1.82, 2.24) is 9.38 Å². The van der Waals surface area contributed by atoms with Crippen molar-refractivity contribution in [2.24, 2.45) is 0 Å². The van der Waals surface area contributed by atoms with E-state index in [0.29, 0.717) is 0 Å². The Morgan fingerprint density at radius 1 is 1.14 bits per heavy atom. The van der Waals surface area contributed by atoms with Crippen molar-refractivity contribution >= 4 is 5.65 Å². The van der Waals surface area contributed by atoms with E-state index in [1.54, 1.807) is 6.92 Å². The fraction of sp³-hybridized carbons (Fsp3) is 0.278. The second-order valence-corrected chi connectivity index (χ2v) is 5.72. The highest BCUT2D eigenvalue weighted by atomic mass is 16.3. The van der Waals surface area contributed by atoms with Gasteiger partial charge in [-0.2, -0.15) is 0 Å². The number of rotatable bonds is 3. The molecule has 0 radical (unpaired) electrons. The lowest BCUT2D eigenvalue weighted by Crippen LogP contribution is -2.02. The molecule has 108 valence electrons. The first kappa shape index (κ1) is 13.8. The summed E-state index contributed by atoms with van der Waals surface area (Å²) in [6, 6.07) is 12.5. The van der Waals surface area contributed by atoms with Crippen molar-refractivity contribution in [3.63, 3.8) is 0 Å². The van der Waals surface area contributed by atoms with Crippen molar-refractivity contribution in [1.29, 1.82) is 0 Å². The average molecular weight is 280 g/mol. The van der Waals surface area contributed by atoms with Gasteiger partial charge in [-0.1, -0.05) is 29.8 Å². The molecule has 0 amide bonds. The Kier molecular flexibility index (Phi) is 3.52. The summed E-state index contributed by atoms with van der Waals surface area (Å²) >= 11 is 0. The Labute approximate surface area is 124 Å². The molecule has 3 nitrogen and oxygen atoms in total. The van der Waals surface area contributed by atoms with Crippen LogP contribution in [0.4, 0.5) is 0 Å². The molecule has 3 aromatic rings. The number of nitrogens with zero attached hydrogens (tertiary/aromatic N) is 2. The summed E-state index contributed by atoms with van der Waals surface area (Å²) in [6.07, 6.45) is 2.18. The molecule has 0 aliphatic heterocycles. The van der Waals surface area contributed by atoms with Crippen LogP contribution in [0.25, 0.3) is 5.65 Å². The van der Waals surface area contributed by atoms with Crippen LogP contribution in [0, 0.1) is 13.8 Å². The lowest BCUT2D eigenvalue weighted by molar-refractivity contribution is 0.192. The van der Waals surface area contributed by atoms with Crippen LogP contribution in [0.1, 0.15) is 41.1 Å². The van der Waals surface area contributed by atoms with Crippen LogP contribution in [-0.2, 0) is 6.42 Å². The molecule has 0 aliphatic rings. The highest BCUT2D eigenvalue weighted by molar-refractivity contribution is 5.47. The van der Waals surface area contributed by atoms with E-state index < -0.39 is 6.10 Å². The van der Waals surface area contributed by atoms with Crippen LogP contribution in [0.2, 0.25) is 0 Å². The first-order chi connectivity index (χ1) is 10.0. The Hall–Kier alpha value is -2.13. The minimum Gasteiger partial charge on any atom is -0.387 e. The van der Waals surface area contributed by atoms with Crippen molar-refractivity contribution < 1.29 is 5.11 Å². The molecule has 1 unspecified atom stereocenters. The summed E-state index contributed by atoms with van der Waals surface area (Å²) < 4.78 is 1.99. The highest BCUT2D eigenvalue weighted by Crippen LogP contribution is 2.23. The maximum Gasteiger partial charge on any atom is 0.137 e. The number of aliphatic hydroxyl groups excluding tert-OH is 1. The van der Waals surface area contributed by atoms with Gasteiger partial charge < -0.3 is 9.51 Å². The maximum absolute atomic E-state index is 10.1. The Bertz CT molecular complexity index is 787. The number of benzene rings is 1. The molecule has 1 atom stereocenters. The summed E-state index contributed by atoms with van der Waals surface area (Å²) in [6.45, 7) is 5.94. The van der Waals surface area contributed by atoms with Crippen LogP contribution in [-0.4, -0.2) is 14.5 Å². The minimum absolute atomic E-state index is 0.539. The van der Waals surface area contributed by atoms with Gasteiger partial charge in [-0.15, -0.1) is 0 Å². The number of hydrogen-bond acceptors (Lipinski definition) is 2. The molecule has 3 rings (SSSR count). The summed E-state index contributed by atoms with van der Waals surface area (Å²) in [7, 11) is 0. The normalized spacial score (nSPS) is 12.8. The SMILES string of the molecule is Cc1cccc(Cc2nc3cc(C)ccn3c2C(C)O)c1. The second-order valence-electron chi connectivity index (χ2n) is 5.72. The van der Waals surface area contributed by atoms with E-state index in [-0.39, 0.29) is 0 Å². The zero-order chi connectivity index (χ0) is 15.0. The molecule has 1 N–H and O–H groups in total. The lowest BCUT2D eigenvalue weighted by Gasteiger charge is -2.08. The van der Waals surface area contributed by atoms with Crippen LogP contribution >= 0.6 is 0 Å². The van der Waals surface area contributed by atoms with Gasteiger partial charge in [0, 0.05) is 12.6 Å². The quantitative estimate of drug-likeness (QED) is 0.796. The molecule has 21 heavy (non-hydrogen) atoms. The van der Waals surface area contributed by atoms with Crippen LogP contribution < -0.4 is 0 Å². The fourth-order valence-electron chi connectivity index (χ4n) is 2.80. The first-order valence-corrected chi connectivity index (χ1v) is 7.25. The predicted octanol–water partition coefficient (Wildman–Crippen LogP) is 3.60. The van der Waals surface area contributed by atoms with Crippen LogP contribution in [0.3, 0.4) is 0 Å². The third-order valence-electron chi connectivity index (χ3n) is 3.74. The Balaban J connectivity index is 2.10. The van der Waals surface area contributed by atoms with Crippen LogP contribution in [0.5, 0.6) is 0 Å². The molecule has 2 aromatic heterocycles. The Morgan fingerprint density at radius 2 is 1.90 bits per heavy atom. The van der Waals surface area contributed by atoms with Gasteiger partial charge in [0.15, 0.2) is 0 Å². The number of aliphatic hydroxyl groups is 1. The van der Waals surface area contributed by atoms with Crippen LogP contribution in [0.15, 0.2) is 42.6 Å². The lowest BCUT2D eigenvalue weighted by atomic mass is 10.0. The number of pyridine rings is 1. The molecule has 0 bridgehead atoms. The standard InChI is InChI=1S/C18H20N2O/c1-12-5-4-6-15(9-12)11-16-18(14(3)21)20-8-7-13(2)10-17(20)19-16/h4-10,14,21H,11H2,1-3H3. The van der Waals surface area contributed by atoms with Gasteiger partial charge in [-0.25, -0.2) is 4.98 Å². The topological polar surface area (TPSA) is 37.5 Å². The third kappa shape index (κ3) is 2.69. The van der Waals surface area contributed by atoms with Crippen molar-refractivity contribution in [2.75, 3.05) is 0 Å². The molecule has 0 saturated carbocycles. The zero-order valence-corrected chi connectivity index (χ0v) is 12.7. The van der Waals surface area contributed by atoms with Gasteiger partial charge in [-0.3, -0.25) is 0 Å². The minimum atomic E-state index is -0.539. The summed E-state index contributed by atoms with van der Waals surface area (Å²) in [5.41, 5.74) is 6.36. The molecule has 0 saturated heterocycles. The van der Waals surface area contributed by atoms with Gasteiger partial charge in [0.2, 0.25) is 0 Å². The van der Waals surface area contributed by atoms with E-state index in [0.717, 1.165) is 23.5 Å². The predicted molar refractivity (Wildman–Crippen MR) is 84.5 cm³/mol. The van der Waals surface area contributed by atoms with E-state index in [9.17, 15) is 5.11 Å². The van der Waals surface area contributed by atoms with Gasteiger partial charge in [0.1, 0.15) is 5.65 Å².